The highest BCUT2D eigenvalue weighted by molar-refractivity contribution is 5.73. The molecule has 0 spiro atoms. The molecule has 1 N–H and O–H groups in total. The van der Waals surface area contributed by atoms with Crippen LogP contribution in [0.5, 0.6) is 0 Å². The van der Waals surface area contributed by atoms with Crippen molar-refractivity contribution in [2.75, 3.05) is 32.7 Å². The number of rotatable bonds is 3. The van der Waals surface area contributed by atoms with E-state index in [0.717, 1.165) is 32.7 Å². The van der Waals surface area contributed by atoms with Crippen LogP contribution < -0.4 is 5.32 Å². The normalized spacial score (nSPS) is 18.6. The lowest BCUT2D eigenvalue weighted by atomic mass is 10.2. The van der Waals surface area contributed by atoms with E-state index in [4.69, 9.17) is 4.74 Å². The van der Waals surface area contributed by atoms with Crippen LogP contribution in [0.2, 0.25) is 0 Å². The second-order valence-electron chi connectivity index (χ2n) is 6.35. The summed E-state index contributed by atoms with van der Waals surface area (Å²) in [6.45, 7) is 13.1. The van der Waals surface area contributed by atoms with Gasteiger partial charge in [-0.3, -0.25) is 9.69 Å². The molecule has 6 nitrogen and oxygen atoms in total. The second kappa shape index (κ2) is 6.92. The van der Waals surface area contributed by atoms with Crippen LogP contribution in [-0.2, 0) is 9.53 Å². The Morgan fingerprint density at radius 3 is 2.20 bits per heavy atom. The lowest BCUT2D eigenvalue weighted by Gasteiger charge is -2.35. The fraction of sp³-hybridized carbons (Fsp3) is 0.857. The van der Waals surface area contributed by atoms with Gasteiger partial charge >= 0.3 is 6.09 Å². The van der Waals surface area contributed by atoms with E-state index < -0.39 is 5.60 Å². The van der Waals surface area contributed by atoms with Crippen LogP contribution in [0.1, 0.15) is 34.6 Å². The quantitative estimate of drug-likeness (QED) is 0.842. The van der Waals surface area contributed by atoms with Crippen molar-refractivity contribution < 1.29 is 14.3 Å². The molecule has 1 rings (SSSR count). The van der Waals surface area contributed by atoms with Gasteiger partial charge in [0.1, 0.15) is 5.60 Å². The van der Waals surface area contributed by atoms with Crippen molar-refractivity contribution in [2.45, 2.75) is 46.3 Å². The third-order valence-electron chi connectivity index (χ3n) is 3.11. The lowest BCUT2D eigenvalue weighted by molar-refractivity contribution is -0.130. The van der Waals surface area contributed by atoms with Gasteiger partial charge in [-0.15, -0.1) is 0 Å². The van der Waals surface area contributed by atoms with Gasteiger partial charge in [0.05, 0.1) is 0 Å². The van der Waals surface area contributed by atoms with Crippen LogP contribution in [0.4, 0.5) is 4.79 Å². The molecule has 0 saturated carbocycles. The molecule has 0 aliphatic carbocycles. The average Bonchev–Trinajstić information content (AvgIpc) is 2.26. The van der Waals surface area contributed by atoms with Crippen LogP contribution in [0.15, 0.2) is 0 Å². The Kier molecular flexibility index (Phi) is 5.80. The second-order valence-corrected chi connectivity index (χ2v) is 6.35. The third-order valence-corrected chi connectivity index (χ3v) is 3.11. The molecule has 2 amide bonds. The topological polar surface area (TPSA) is 61.9 Å². The summed E-state index contributed by atoms with van der Waals surface area (Å²) in [6.07, 6.45) is -0.382. The van der Waals surface area contributed by atoms with E-state index in [1.165, 1.54) is 0 Å². The summed E-state index contributed by atoms with van der Waals surface area (Å²) in [6, 6.07) is 0.0220. The number of nitrogens with one attached hydrogen (secondary N) is 1. The molecule has 1 saturated heterocycles. The molecular weight excluding hydrogens is 258 g/mol. The van der Waals surface area contributed by atoms with Gasteiger partial charge in [0.2, 0.25) is 5.91 Å². The molecule has 20 heavy (non-hydrogen) atoms. The Morgan fingerprint density at radius 1 is 1.20 bits per heavy atom. The summed E-state index contributed by atoms with van der Waals surface area (Å²) in [5, 5.41) is 2.83. The smallest absolute Gasteiger partial charge is 0.407 e. The van der Waals surface area contributed by atoms with Gasteiger partial charge < -0.3 is 15.0 Å². The minimum atomic E-state index is -0.475. The first-order chi connectivity index (χ1) is 9.17. The first kappa shape index (κ1) is 16.8. The van der Waals surface area contributed by atoms with Gasteiger partial charge in [-0.25, -0.2) is 4.79 Å². The van der Waals surface area contributed by atoms with Gasteiger partial charge in [-0.1, -0.05) is 0 Å². The van der Waals surface area contributed by atoms with E-state index >= 15 is 0 Å². The van der Waals surface area contributed by atoms with E-state index in [-0.39, 0.29) is 18.0 Å². The Balaban J connectivity index is 2.28. The molecule has 6 heteroatoms. The van der Waals surface area contributed by atoms with Crippen LogP contribution >= 0.6 is 0 Å². The van der Waals surface area contributed by atoms with Crippen LogP contribution in [0, 0.1) is 0 Å². The van der Waals surface area contributed by atoms with Gasteiger partial charge in [0.15, 0.2) is 0 Å². The molecule has 0 radical (unpaired) electrons. The molecule has 0 aromatic carbocycles. The highest BCUT2D eigenvalue weighted by Gasteiger charge is 2.22. The number of hydrogen-bond acceptors (Lipinski definition) is 4. The van der Waals surface area contributed by atoms with Crippen LogP contribution in [-0.4, -0.2) is 66.2 Å². The molecule has 0 bridgehead atoms. The number of alkyl carbamates (subject to hydrolysis) is 1. The molecule has 1 aliphatic heterocycles. The highest BCUT2D eigenvalue weighted by atomic mass is 16.6. The van der Waals surface area contributed by atoms with E-state index in [2.05, 4.69) is 10.2 Å². The van der Waals surface area contributed by atoms with Crippen molar-refractivity contribution in [2.24, 2.45) is 0 Å². The number of piperazine rings is 1. The van der Waals surface area contributed by atoms with Crippen molar-refractivity contribution in [3.63, 3.8) is 0 Å². The number of hydrogen-bond donors (Lipinski definition) is 1. The molecular formula is C14H27N3O3. The van der Waals surface area contributed by atoms with Crippen molar-refractivity contribution >= 4 is 12.0 Å². The molecule has 0 aromatic heterocycles. The molecule has 1 heterocycles. The summed E-state index contributed by atoms with van der Waals surface area (Å²) in [5.74, 6) is 0.129. The Morgan fingerprint density at radius 2 is 1.75 bits per heavy atom. The Labute approximate surface area is 121 Å². The largest absolute Gasteiger partial charge is 0.444 e. The van der Waals surface area contributed by atoms with Gasteiger partial charge in [-0.2, -0.15) is 0 Å². The first-order valence-electron chi connectivity index (χ1n) is 7.15. The monoisotopic (exact) mass is 285 g/mol. The minimum absolute atomic E-state index is 0.0220. The Hall–Kier alpha value is -1.30. The fourth-order valence-electron chi connectivity index (χ4n) is 2.19. The van der Waals surface area contributed by atoms with Gasteiger partial charge in [0.25, 0.3) is 0 Å². The third kappa shape index (κ3) is 6.23. The van der Waals surface area contributed by atoms with E-state index in [1.807, 2.05) is 32.6 Å². The predicted octanol–water partition coefficient (Wildman–Crippen LogP) is 1.06. The Bertz CT molecular complexity index is 344. The van der Waals surface area contributed by atoms with Gasteiger partial charge in [-0.05, 0) is 27.7 Å². The SMILES string of the molecule is CC(=O)N1CCN(CC(C)NC(=O)OC(C)(C)C)CC1. The number of ether oxygens (including phenoxy) is 1. The molecule has 1 unspecified atom stereocenters. The van der Waals surface area contributed by atoms with Crippen molar-refractivity contribution in [1.82, 2.24) is 15.1 Å². The van der Waals surface area contributed by atoms with Crippen LogP contribution in [0.25, 0.3) is 0 Å². The summed E-state index contributed by atoms with van der Waals surface area (Å²) >= 11 is 0. The highest BCUT2D eigenvalue weighted by Crippen LogP contribution is 2.07. The molecule has 1 aliphatic rings. The fourth-order valence-corrected chi connectivity index (χ4v) is 2.19. The van der Waals surface area contributed by atoms with Crippen molar-refractivity contribution in [3.8, 4) is 0 Å². The summed E-state index contributed by atoms with van der Waals surface area (Å²) in [5.41, 5.74) is -0.475. The molecule has 116 valence electrons. The van der Waals surface area contributed by atoms with Crippen molar-refractivity contribution in [3.05, 3.63) is 0 Å². The molecule has 1 atom stereocenters. The lowest BCUT2D eigenvalue weighted by Crippen LogP contribution is -2.52. The van der Waals surface area contributed by atoms with Gasteiger partial charge in [0, 0.05) is 45.7 Å². The first-order valence-corrected chi connectivity index (χ1v) is 7.15. The standard InChI is InChI=1S/C14H27N3O3/c1-11(15-13(19)20-14(3,4)5)10-16-6-8-17(9-7-16)12(2)18/h11H,6-10H2,1-5H3,(H,15,19). The summed E-state index contributed by atoms with van der Waals surface area (Å²) in [7, 11) is 0. The number of carbonyl (C=O) groups is 2. The predicted molar refractivity (Wildman–Crippen MR) is 77.5 cm³/mol. The maximum Gasteiger partial charge on any atom is 0.407 e. The van der Waals surface area contributed by atoms with E-state index in [0.29, 0.717) is 0 Å². The average molecular weight is 285 g/mol. The minimum Gasteiger partial charge on any atom is -0.444 e. The zero-order chi connectivity index (χ0) is 15.3. The molecule has 1 fully saturated rings. The van der Waals surface area contributed by atoms with Crippen molar-refractivity contribution in [1.29, 1.82) is 0 Å². The maximum absolute atomic E-state index is 11.6. The number of amides is 2. The molecule has 0 aromatic rings. The summed E-state index contributed by atoms with van der Waals surface area (Å²) < 4.78 is 5.22. The summed E-state index contributed by atoms with van der Waals surface area (Å²) in [4.78, 5) is 27.0. The maximum atomic E-state index is 11.6. The zero-order valence-electron chi connectivity index (χ0n) is 13.2. The number of nitrogens with zero attached hydrogens (tertiary/aromatic N) is 2. The zero-order valence-corrected chi connectivity index (χ0v) is 13.2. The number of carbonyl (C=O) groups excluding carboxylic acids is 2. The van der Waals surface area contributed by atoms with Crippen LogP contribution in [0.3, 0.4) is 0 Å². The van der Waals surface area contributed by atoms with E-state index in [1.54, 1.807) is 6.92 Å². The van der Waals surface area contributed by atoms with E-state index in [9.17, 15) is 9.59 Å².